The lowest BCUT2D eigenvalue weighted by atomic mass is 9.97. The Morgan fingerprint density at radius 3 is 2.23 bits per heavy atom. The molecule has 5 rings (SSSR count). The third-order valence-electron chi connectivity index (χ3n) is 6.74. The summed E-state index contributed by atoms with van der Waals surface area (Å²) in [6.07, 6.45) is 3.58. The molecule has 2 heterocycles. The van der Waals surface area contributed by atoms with E-state index in [0.717, 1.165) is 28.2 Å². The molecule has 5 aromatic rings. The number of nitrogens with zero attached hydrogens (tertiary/aromatic N) is 2. The summed E-state index contributed by atoms with van der Waals surface area (Å²) in [5.74, 6) is -2.01. The minimum absolute atomic E-state index is 0.132. The number of allylic oxidation sites excluding steroid dienone is 2. The molecule has 39 heavy (non-hydrogen) atoms. The van der Waals surface area contributed by atoms with Crippen LogP contribution in [0.5, 0.6) is 0 Å². The van der Waals surface area contributed by atoms with Crippen LogP contribution in [0.1, 0.15) is 47.1 Å². The van der Waals surface area contributed by atoms with Crippen molar-refractivity contribution >= 4 is 28.2 Å². The van der Waals surface area contributed by atoms with Gasteiger partial charge in [-0.1, -0.05) is 54.6 Å². The highest BCUT2D eigenvalue weighted by Crippen LogP contribution is 2.39. The van der Waals surface area contributed by atoms with Gasteiger partial charge >= 0.3 is 5.97 Å². The van der Waals surface area contributed by atoms with Crippen molar-refractivity contribution in [2.45, 2.75) is 19.9 Å². The molecule has 194 valence electrons. The van der Waals surface area contributed by atoms with Crippen molar-refractivity contribution in [3.63, 3.8) is 0 Å². The van der Waals surface area contributed by atoms with E-state index in [4.69, 9.17) is 5.73 Å². The van der Waals surface area contributed by atoms with Crippen molar-refractivity contribution in [2.75, 3.05) is 0 Å². The maximum atomic E-state index is 15.3. The molecular weight excluding hydrogens is 493 g/mol. The first kappa shape index (κ1) is 25.6. The Kier molecular flexibility index (Phi) is 6.81. The Morgan fingerprint density at radius 1 is 0.897 bits per heavy atom. The van der Waals surface area contributed by atoms with Gasteiger partial charge in [-0.3, -0.25) is 9.78 Å². The van der Waals surface area contributed by atoms with Gasteiger partial charge in [0.05, 0.1) is 16.8 Å². The average Bonchev–Trinajstić information content (AvgIpc) is 3.28. The zero-order chi connectivity index (χ0) is 27.7. The quantitative estimate of drug-likeness (QED) is 0.241. The Morgan fingerprint density at radius 2 is 1.62 bits per heavy atom. The number of aromatic nitrogens is 2. The van der Waals surface area contributed by atoms with Gasteiger partial charge in [0.15, 0.2) is 5.78 Å². The first-order valence-electron chi connectivity index (χ1n) is 12.4. The van der Waals surface area contributed by atoms with E-state index >= 15 is 4.39 Å². The Balaban J connectivity index is 1.85. The predicted molar refractivity (Wildman–Crippen MR) is 150 cm³/mol. The van der Waals surface area contributed by atoms with Crippen LogP contribution in [-0.4, -0.2) is 26.4 Å². The Bertz CT molecular complexity index is 1700. The van der Waals surface area contributed by atoms with E-state index in [0.29, 0.717) is 22.4 Å². The van der Waals surface area contributed by atoms with Crippen LogP contribution < -0.4 is 5.73 Å². The lowest BCUT2D eigenvalue weighted by Crippen LogP contribution is -2.13. The number of carbonyl (C=O) groups is 2. The van der Waals surface area contributed by atoms with Crippen molar-refractivity contribution in [2.24, 2.45) is 5.73 Å². The van der Waals surface area contributed by atoms with E-state index in [1.165, 1.54) is 19.1 Å². The summed E-state index contributed by atoms with van der Waals surface area (Å²) in [4.78, 5) is 28.5. The molecule has 0 amide bonds. The van der Waals surface area contributed by atoms with Crippen molar-refractivity contribution in [3.8, 4) is 11.1 Å². The van der Waals surface area contributed by atoms with E-state index in [-0.39, 0.29) is 23.0 Å². The molecule has 0 saturated heterocycles. The number of fused-ring (bicyclic) bond motifs is 1. The molecule has 0 bridgehead atoms. The highest BCUT2D eigenvalue weighted by Gasteiger charge is 2.24. The number of aromatic carboxylic acids is 1. The minimum atomic E-state index is -1.20. The topological polar surface area (TPSA) is 98.2 Å². The fraction of sp³-hybridized carbons (Fsp3) is 0.0938. The molecule has 6 nitrogen and oxygen atoms in total. The second kappa shape index (κ2) is 10.4. The third-order valence-corrected chi connectivity index (χ3v) is 6.74. The highest BCUT2D eigenvalue weighted by molar-refractivity contribution is 6.21. The molecule has 0 aliphatic carbocycles. The zero-order valence-electron chi connectivity index (χ0n) is 21.4. The smallest absolute Gasteiger partial charge is 0.335 e. The molecule has 0 radical (unpaired) electrons. The molecule has 1 unspecified atom stereocenters. The van der Waals surface area contributed by atoms with Gasteiger partial charge in [-0.25, -0.2) is 9.18 Å². The fourth-order valence-electron chi connectivity index (χ4n) is 5.06. The molecule has 3 aromatic carbocycles. The second-order valence-corrected chi connectivity index (χ2v) is 9.36. The minimum Gasteiger partial charge on any atom is -0.478 e. The van der Waals surface area contributed by atoms with Crippen LogP contribution in [0.15, 0.2) is 103 Å². The van der Waals surface area contributed by atoms with Gasteiger partial charge < -0.3 is 15.4 Å². The molecule has 0 saturated carbocycles. The lowest BCUT2D eigenvalue weighted by Gasteiger charge is -2.21. The van der Waals surface area contributed by atoms with Gasteiger partial charge in [0.2, 0.25) is 0 Å². The number of hydrogen-bond donors (Lipinski definition) is 2. The summed E-state index contributed by atoms with van der Waals surface area (Å²) < 4.78 is 17.4. The molecule has 2 aromatic heterocycles. The second-order valence-electron chi connectivity index (χ2n) is 9.36. The highest BCUT2D eigenvalue weighted by atomic mass is 19.1. The Labute approximate surface area is 224 Å². The zero-order valence-corrected chi connectivity index (χ0v) is 21.4. The van der Waals surface area contributed by atoms with Crippen molar-refractivity contribution < 1.29 is 19.1 Å². The number of pyridine rings is 1. The summed E-state index contributed by atoms with van der Waals surface area (Å²) in [7, 11) is 0. The van der Waals surface area contributed by atoms with Gasteiger partial charge in [0.1, 0.15) is 11.9 Å². The molecule has 0 aliphatic heterocycles. The van der Waals surface area contributed by atoms with Crippen LogP contribution in [0.2, 0.25) is 0 Å². The number of carboxylic acids is 1. The maximum Gasteiger partial charge on any atom is 0.335 e. The van der Waals surface area contributed by atoms with Crippen LogP contribution >= 0.6 is 0 Å². The van der Waals surface area contributed by atoms with E-state index in [1.54, 1.807) is 19.2 Å². The first-order valence-corrected chi connectivity index (χ1v) is 12.4. The monoisotopic (exact) mass is 519 g/mol. The molecule has 0 fully saturated rings. The van der Waals surface area contributed by atoms with Gasteiger partial charge in [-0.15, -0.1) is 0 Å². The van der Waals surface area contributed by atoms with Crippen LogP contribution in [0.3, 0.4) is 0 Å². The van der Waals surface area contributed by atoms with Crippen LogP contribution in [-0.2, 0) is 4.79 Å². The maximum absolute atomic E-state index is 15.3. The summed E-state index contributed by atoms with van der Waals surface area (Å²) in [6.45, 7) is 3.16. The number of carbonyl (C=O) groups excluding carboxylic acids is 1. The van der Waals surface area contributed by atoms with Gasteiger partial charge in [-0.2, -0.15) is 0 Å². The Hall–Kier alpha value is -5.04. The van der Waals surface area contributed by atoms with Crippen LogP contribution in [0.25, 0.3) is 27.6 Å². The summed E-state index contributed by atoms with van der Waals surface area (Å²) >= 11 is 0. The SMILES string of the molecule is CC(=O)C(=C(C)N)c1ccc2c(-c3ccc(C(=O)O)cc3F)cn(C(c3ccccc3)c3ccccn3)c2c1. The number of hydrogen-bond acceptors (Lipinski definition) is 4. The van der Waals surface area contributed by atoms with Crippen LogP contribution in [0, 0.1) is 5.82 Å². The average molecular weight is 520 g/mol. The summed E-state index contributed by atoms with van der Waals surface area (Å²) in [6, 6.07) is 24.6. The molecule has 7 heteroatoms. The summed E-state index contributed by atoms with van der Waals surface area (Å²) in [5.41, 5.74) is 10.8. The number of ketones is 1. The van der Waals surface area contributed by atoms with E-state index < -0.39 is 11.8 Å². The predicted octanol–water partition coefficient (Wildman–Crippen LogP) is 6.46. The number of Topliss-reactive ketones (excluding diaryl/α,β-unsaturated/α-hetero) is 1. The lowest BCUT2D eigenvalue weighted by molar-refractivity contribution is -0.111. The molecule has 0 spiro atoms. The van der Waals surface area contributed by atoms with Crippen molar-refractivity contribution in [3.05, 3.63) is 131 Å². The number of benzene rings is 3. The number of nitrogens with two attached hydrogens (primary N) is 1. The summed E-state index contributed by atoms with van der Waals surface area (Å²) in [5, 5.41) is 10.1. The fourth-order valence-corrected chi connectivity index (χ4v) is 5.06. The largest absolute Gasteiger partial charge is 0.478 e. The molecule has 0 aliphatic rings. The van der Waals surface area contributed by atoms with Crippen molar-refractivity contribution in [1.82, 2.24) is 9.55 Å². The van der Waals surface area contributed by atoms with E-state index in [9.17, 15) is 14.7 Å². The number of rotatable bonds is 7. The van der Waals surface area contributed by atoms with Gasteiger partial charge in [-0.05, 0) is 55.3 Å². The normalized spacial score (nSPS) is 12.7. The standard InChI is InChI=1S/C32H26FN3O3/c1-19(34)30(20(2)37)22-11-14-25-26(24-13-12-23(32(38)39)16-27(24)33)18-36(29(25)17-22)31(21-8-4-3-5-9-21)28-10-6-7-15-35-28/h3-18,31H,34H2,1-2H3,(H,38,39). The molecule has 3 N–H and O–H groups in total. The number of halogens is 1. The first-order chi connectivity index (χ1) is 18.8. The molecular formula is C32H26FN3O3. The molecule has 1 atom stereocenters. The van der Waals surface area contributed by atoms with E-state index in [2.05, 4.69) is 4.98 Å². The third kappa shape index (κ3) is 4.82. The van der Waals surface area contributed by atoms with Gasteiger partial charge in [0, 0.05) is 40.2 Å². The number of carboxylic acid groups (broad SMARTS) is 1. The van der Waals surface area contributed by atoms with Crippen molar-refractivity contribution in [1.29, 1.82) is 0 Å². The van der Waals surface area contributed by atoms with E-state index in [1.807, 2.05) is 71.4 Å². The van der Waals surface area contributed by atoms with Crippen LogP contribution in [0.4, 0.5) is 4.39 Å². The van der Waals surface area contributed by atoms with Gasteiger partial charge in [0.25, 0.3) is 0 Å².